The maximum absolute atomic E-state index is 13.0. The Morgan fingerprint density at radius 3 is 2.50 bits per heavy atom. The Labute approximate surface area is 162 Å². The summed E-state index contributed by atoms with van der Waals surface area (Å²) in [5.41, 5.74) is 0.151. The van der Waals surface area contributed by atoms with E-state index in [4.69, 9.17) is 35.4 Å². The first kappa shape index (κ1) is 17.0. The molecule has 0 amide bonds. The van der Waals surface area contributed by atoms with Crippen molar-refractivity contribution in [1.29, 1.82) is 0 Å². The smallest absolute Gasteiger partial charge is 0.269 e. The normalized spacial score (nSPS) is 11.2. The maximum Gasteiger partial charge on any atom is 0.269 e. The van der Waals surface area contributed by atoms with Crippen LogP contribution in [-0.2, 0) is 0 Å². The molecule has 0 fully saturated rings. The van der Waals surface area contributed by atoms with E-state index >= 15 is 0 Å². The molecule has 7 heteroatoms. The second-order valence-electron chi connectivity index (χ2n) is 5.75. The summed E-state index contributed by atoms with van der Waals surface area (Å²) in [4.78, 5) is 28.7. The summed E-state index contributed by atoms with van der Waals surface area (Å²) in [6.45, 7) is 0. The van der Waals surface area contributed by atoms with E-state index in [0.29, 0.717) is 16.1 Å². The molecule has 1 N–H and O–H groups in total. The van der Waals surface area contributed by atoms with Crippen molar-refractivity contribution in [1.82, 2.24) is 9.55 Å². The number of hydrogen-bond acceptors (Lipinski definition) is 3. The van der Waals surface area contributed by atoms with Crippen LogP contribution >= 0.6 is 35.4 Å². The first-order valence-electron chi connectivity index (χ1n) is 7.63. The molecule has 0 spiro atoms. The van der Waals surface area contributed by atoms with E-state index in [9.17, 15) is 9.59 Å². The highest BCUT2D eigenvalue weighted by Gasteiger charge is 2.16. The van der Waals surface area contributed by atoms with Crippen LogP contribution in [0.2, 0.25) is 10.0 Å². The standard InChI is InChI=1S/C19H10Cl2N2O2S/c20-13-8-14-16(15(21)9-13)22-19(26)23(18(14)25)17(24)12-6-5-10-3-1-2-4-11(10)7-12/h1-9H,(H,22,26). The Balaban J connectivity index is 1.96. The van der Waals surface area contributed by atoms with E-state index in [1.54, 1.807) is 12.1 Å². The fourth-order valence-electron chi connectivity index (χ4n) is 2.88. The Morgan fingerprint density at radius 1 is 1.00 bits per heavy atom. The lowest BCUT2D eigenvalue weighted by atomic mass is 10.1. The van der Waals surface area contributed by atoms with Crippen molar-refractivity contribution in [3.63, 3.8) is 0 Å². The molecule has 0 saturated carbocycles. The van der Waals surface area contributed by atoms with Gasteiger partial charge in [-0.15, -0.1) is 0 Å². The summed E-state index contributed by atoms with van der Waals surface area (Å²) in [6.07, 6.45) is 0. The van der Waals surface area contributed by atoms with E-state index in [1.165, 1.54) is 12.1 Å². The van der Waals surface area contributed by atoms with Gasteiger partial charge in [0.05, 0.1) is 15.9 Å². The van der Waals surface area contributed by atoms with Crippen LogP contribution in [0.1, 0.15) is 10.4 Å². The lowest BCUT2D eigenvalue weighted by Gasteiger charge is -2.09. The molecule has 1 heterocycles. The predicted octanol–water partition coefficient (Wildman–Crippen LogP) is 5.21. The predicted molar refractivity (Wildman–Crippen MR) is 107 cm³/mol. The summed E-state index contributed by atoms with van der Waals surface area (Å²) < 4.78 is 0.902. The number of rotatable bonds is 1. The number of fused-ring (bicyclic) bond motifs is 2. The quantitative estimate of drug-likeness (QED) is 0.446. The average molecular weight is 401 g/mol. The van der Waals surface area contributed by atoms with Gasteiger partial charge in [-0.1, -0.05) is 53.5 Å². The molecule has 0 unspecified atom stereocenters. The zero-order valence-corrected chi connectivity index (χ0v) is 15.5. The number of carbonyl (C=O) groups is 1. The average Bonchev–Trinajstić information content (AvgIpc) is 2.62. The van der Waals surface area contributed by atoms with Crippen molar-refractivity contribution in [3.8, 4) is 0 Å². The number of H-pyrrole nitrogens is 1. The van der Waals surface area contributed by atoms with Crippen molar-refractivity contribution in [3.05, 3.63) is 85.3 Å². The molecule has 4 nitrogen and oxygen atoms in total. The zero-order chi connectivity index (χ0) is 18.4. The zero-order valence-electron chi connectivity index (χ0n) is 13.1. The molecule has 1 aromatic heterocycles. The van der Waals surface area contributed by atoms with Crippen molar-refractivity contribution in [2.45, 2.75) is 0 Å². The van der Waals surface area contributed by atoms with Crippen molar-refractivity contribution < 1.29 is 4.79 Å². The summed E-state index contributed by atoms with van der Waals surface area (Å²) >= 11 is 17.3. The second-order valence-corrected chi connectivity index (χ2v) is 6.98. The van der Waals surface area contributed by atoms with E-state index in [1.807, 2.05) is 30.3 Å². The number of aromatic amines is 1. The number of benzene rings is 3. The van der Waals surface area contributed by atoms with E-state index in [2.05, 4.69) is 4.98 Å². The fourth-order valence-corrected chi connectivity index (χ4v) is 3.69. The van der Waals surface area contributed by atoms with Gasteiger partial charge in [0.15, 0.2) is 4.77 Å². The van der Waals surface area contributed by atoms with Gasteiger partial charge in [-0.05, 0) is 47.3 Å². The van der Waals surface area contributed by atoms with Crippen LogP contribution in [0.3, 0.4) is 0 Å². The third-order valence-electron chi connectivity index (χ3n) is 4.12. The summed E-state index contributed by atoms with van der Waals surface area (Å²) in [6, 6.07) is 15.8. The largest absolute Gasteiger partial charge is 0.330 e. The Morgan fingerprint density at radius 2 is 1.73 bits per heavy atom. The molecule has 0 radical (unpaired) electrons. The topological polar surface area (TPSA) is 54.9 Å². The molecule has 0 aliphatic rings. The Kier molecular flexibility index (Phi) is 4.15. The highest BCUT2D eigenvalue weighted by Crippen LogP contribution is 2.24. The number of carbonyl (C=O) groups excluding carboxylic acids is 1. The van der Waals surface area contributed by atoms with Gasteiger partial charge in [0.2, 0.25) is 0 Å². The minimum absolute atomic E-state index is 0.0233. The van der Waals surface area contributed by atoms with Gasteiger partial charge in [-0.2, -0.15) is 0 Å². The summed E-state index contributed by atoms with van der Waals surface area (Å²) in [7, 11) is 0. The highest BCUT2D eigenvalue weighted by atomic mass is 35.5. The minimum Gasteiger partial charge on any atom is -0.330 e. The van der Waals surface area contributed by atoms with E-state index in [0.717, 1.165) is 15.3 Å². The fraction of sp³-hybridized carbons (Fsp3) is 0. The SMILES string of the molecule is O=C(c1ccc2ccccc2c1)n1c(=S)[nH]c2c(Cl)cc(Cl)cc2c1=O. The molecule has 4 aromatic rings. The van der Waals surface area contributed by atoms with Gasteiger partial charge in [0, 0.05) is 10.6 Å². The number of nitrogens with zero attached hydrogens (tertiary/aromatic N) is 1. The molecule has 26 heavy (non-hydrogen) atoms. The van der Waals surface area contributed by atoms with Crippen molar-refractivity contribution in [2.24, 2.45) is 0 Å². The Bertz CT molecular complexity index is 1320. The first-order chi connectivity index (χ1) is 12.5. The van der Waals surface area contributed by atoms with Gasteiger partial charge in [-0.25, -0.2) is 4.57 Å². The highest BCUT2D eigenvalue weighted by molar-refractivity contribution is 7.71. The lowest BCUT2D eigenvalue weighted by molar-refractivity contribution is 0.0954. The molecular formula is C19H10Cl2N2O2S. The summed E-state index contributed by atoms with van der Waals surface area (Å²) in [5, 5.41) is 2.66. The molecular weight excluding hydrogens is 391 g/mol. The molecule has 0 atom stereocenters. The summed E-state index contributed by atoms with van der Waals surface area (Å²) in [5.74, 6) is -0.514. The van der Waals surface area contributed by atoms with Crippen LogP contribution in [0, 0.1) is 4.77 Å². The third-order valence-corrected chi connectivity index (χ3v) is 4.92. The van der Waals surface area contributed by atoms with Gasteiger partial charge in [-0.3, -0.25) is 9.59 Å². The van der Waals surface area contributed by atoms with Crippen LogP contribution < -0.4 is 5.56 Å². The molecule has 0 aliphatic carbocycles. The minimum atomic E-state index is -0.564. The Hall–Kier alpha value is -2.47. The first-order valence-corrected chi connectivity index (χ1v) is 8.80. The lowest BCUT2D eigenvalue weighted by Crippen LogP contribution is -2.29. The number of halogens is 2. The van der Waals surface area contributed by atoms with Crippen LogP contribution in [0.15, 0.2) is 59.4 Å². The molecule has 128 valence electrons. The van der Waals surface area contributed by atoms with Crippen LogP contribution in [-0.4, -0.2) is 15.5 Å². The van der Waals surface area contributed by atoms with Crippen LogP contribution in [0.25, 0.3) is 21.7 Å². The van der Waals surface area contributed by atoms with Gasteiger partial charge in [0.1, 0.15) is 0 Å². The van der Waals surface area contributed by atoms with Gasteiger partial charge in [0.25, 0.3) is 11.5 Å². The number of nitrogens with one attached hydrogen (secondary N) is 1. The third kappa shape index (κ3) is 2.74. The van der Waals surface area contributed by atoms with E-state index in [-0.39, 0.29) is 15.2 Å². The molecule has 0 saturated heterocycles. The van der Waals surface area contributed by atoms with Crippen LogP contribution in [0.5, 0.6) is 0 Å². The molecule has 4 rings (SSSR count). The monoisotopic (exact) mass is 400 g/mol. The number of hydrogen-bond donors (Lipinski definition) is 1. The number of aromatic nitrogens is 2. The molecule has 0 bridgehead atoms. The van der Waals surface area contributed by atoms with Gasteiger partial charge < -0.3 is 4.98 Å². The van der Waals surface area contributed by atoms with Crippen LogP contribution in [0.4, 0.5) is 0 Å². The van der Waals surface area contributed by atoms with E-state index < -0.39 is 11.5 Å². The van der Waals surface area contributed by atoms with Gasteiger partial charge >= 0.3 is 0 Å². The molecule has 0 aliphatic heterocycles. The van der Waals surface area contributed by atoms with Crippen molar-refractivity contribution in [2.75, 3.05) is 0 Å². The second kappa shape index (κ2) is 6.36. The maximum atomic E-state index is 13.0. The van der Waals surface area contributed by atoms with Crippen molar-refractivity contribution >= 4 is 63.0 Å². The molecule has 3 aromatic carbocycles.